The first-order chi connectivity index (χ1) is 16.2. The number of ketones is 1. The Labute approximate surface area is 200 Å². The van der Waals surface area contributed by atoms with Crippen molar-refractivity contribution in [1.82, 2.24) is 10.1 Å². The Kier molecular flexibility index (Phi) is 6.90. The molecule has 2 aromatic carbocycles. The van der Waals surface area contributed by atoms with Crippen molar-refractivity contribution in [3.63, 3.8) is 0 Å². The van der Waals surface area contributed by atoms with Gasteiger partial charge in [0.15, 0.2) is 5.58 Å². The first-order valence-corrected chi connectivity index (χ1v) is 13.1. The third-order valence-corrected chi connectivity index (χ3v) is 8.54. The second-order valence-electron chi connectivity index (χ2n) is 8.34. The molecule has 1 aliphatic rings. The number of rotatable bonds is 8. The third-order valence-electron chi connectivity index (χ3n) is 6.14. The van der Waals surface area contributed by atoms with Crippen LogP contribution in [-0.4, -0.2) is 41.2 Å². The molecule has 170 valence electrons. The minimum absolute atomic E-state index is 0.0975. The van der Waals surface area contributed by atoms with Crippen molar-refractivity contribution in [3.05, 3.63) is 82.6 Å². The predicted octanol–water partition coefficient (Wildman–Crippen LogP) is 6.62. The minimum atomic E-state index is -0.292. The van der Waals surface area contributed by atoms with Crippen LogP contribution in [0.4, 0.5) is 4.39 Å². The van der Waals surface area contributed by atoms with Gasteiger partial charge in [-0.2, -0.15) is 0 Å². The number of likely N-dealkylation sites (tertiary alicyclic amines) is 1. The van der Waals surface area contributed by atoms with Crippen molar-refractivity contribution >= 4 is 39.9 Å². The average Bonchev–Trinajstić information content (AvgIpc) is 3.49. The molecule has 7 heteroatoms. The molecular weight excluding hydrogens is 455 g/mol. The molecule has 0 bridgehead atoms. The minimum Gasteiger partial charge on any atom is -0.356 e. The lowest BCUT2D eigenvalue weighted by molar-refractivity contribution is 0.104. The van der Waals surface area contributed by atoms with Gasteiger partial charge in [0.05, 0.1) is 14.8 Å². The lowest BCUT2D eigenvalue weighted by atomic mass is 9.91. The summed E-state index contributed by atoms with van der Waals surface area (Å²) in [4.78, 5) is 15.9. The molecule has 3 heterocycles. The first kappa shape index (κ1) is 22.3. The van der Waals surface area contributed by atoms with Crippen molar-refractivity contribution < 1.29 is 13.7 Å². The number of thiophene rings is 1. The largest absolute Gasteiger partial charge is 0.356 e. The van der Waals surface area contributed by atoms with Crippen molar-refractivity contribution in [2.75, 3.05) is 25.4 Å². The second-order valence-corrected chi connectivity index (χ2v) is 10.8. The number of halogens is 1. The van der Waals surface area contributed by atoms with Crippen LogP contribution in [0.5, 0.6) is 0 Å². The molecule has 0 N–H and O–H groups in total. The van der Waals surface area contributed by atoms with Gasteiger partial charge in [-0.05, 0) is 63.2 Å². The Balaban J connectivity index is 1.06. The average molecular weight is 481 g/mol. The molecule has 5 rings (SSSR count). The van der Waals surface area contributed by atoms with Crippen LogP contribution in [0.2, 0.25) is 0 Å². The fourth-order valence-corrected chi connectivity index (χ4v) is 6.46. The van der Waals surface area contributed by atoms with Crippen molar-refractivity contribution in [2.45, 2.75) is 29.4 Å². The molecule has 0 spiro atoms. The topological polar surface area (TPSA) is 46.3 Å². The Morgan fingerprint density at radius 1 is 1.12 bits per heavy atom. The molecule has 0 unspecified atom stereocenters. The van der Waals surface area contributed by atoms with E-state index >= 15 is 0 Å². The lowest BCUT2D eigenvalue weighted by Crippen LogP contribution is -2.34. The van der Waals surface area contributed by atoms with E-state index in [2.05, 4.69) is 16.1 Å². The van der Waals surface area contributed by atoms with Crippen molar-refractivity contribution in [1.29, 1.82) is 0 Å². The van der Waals surface area contributed by atoms with E-state index in [1.165, 1.54) is 16.3 Å². The van der Waals surface area contributed by atoms with Crippen LogP contribution in [0, 0.1) is 5.82 Å². The summed E-state index contributed by atoms with van der Waals surface area (Å²) >= 11 is 3.41. The number of fused-ring (bicyclic) bond motifs is 1. The smallest absolute Gasteiger partial charge is 0.202 e. The molecule has 4 nitrogen and oxygen atoms in total. The van der Waals surface area contributed by atoms with Gasteiger partial charge in [0.1, 0.15) is 5.82 Å². The SMILES string of the molecule is O=C(c1ccccc1)c1ccc(SCCCN2CCC(c3noc4cc(F)ccc34)CC2)s1. The molecule has 0 aliphatic carbocycles. The monoisotopic (exact) mass is 480 g/mol. The van der Waals surface area contributed by atoms with Crippen LogP contribution in [0.1, 0.15) is 46.1 Å². The standard InChI is InChI=1S/C26H25FN2O2S2/c27-20-7-8-21-22(17-20)31-28-25(21)18-11-14-29(15-12-18)13-4-16-32-24-10-9-23(33-24)26(30)19-5-2-1-3-6-19/h1-3,5-10,17-18H,4,11-16H2. The Morgan fingerprint density at radius 3 is 2.76 bits per heavy atom. The van der Waals surface area contributed by atoms with Gasteiger partial charge in [-0.25, -0.2) is 4.39 Å². The number of benzene rings is 2. The van der Waals surface area contributed by atoms with E-state index in [0.29, 0.717) is 11.5 Å². The molecule has 0 atom stereocenters. The summed E-state index contributed by atoms with van der Waals surface area (Å²) in [5.74, 6) is 1.22. The highest BCUT2D eigenvalue weighted by Crippen LogP contribution is 2.33. The van der Waals surface area contributed by atoms with E-state index in [4.69, 9.17) is 4.52 Å². The molecule has 0 saturated carbocycles. The van der Waals surface area contributed by atoms with Crippen molar-refractivity contribution in [3.8, 4) is 0 Å². The number of carbonyl (C=O) groups is 1. The zero-order chi connectivity index (χ0) is 22.6. The summed E-state index contributed by atoms with van der Waals surface area (Å²) in [6.45, 7) is 3.16. The maximum Gasteiger partial charge on any atom is 0.202 e. The molecule has 1 fully saturated rings. The maximum absolute atomic E-state index is 13.4. The number of carbonyl (C=O) groups excluding carboxylic acids is 1. The van der Waals surface area contributed by atoms with Crippen LogP contribution in [-0.2, 0) is 0 Å². The van der Waals surface area contributed by atoms with Crippen LogP contribution in [0.15, 0.2) is 69.4 Å². The van der Waals surface area contributed by atoms with Gasteiger partial charge in [-0.3, -0.25) is 4.79 Å². The molecule has 0 amide bonds. The van der Waals surface area contributed by atoms with E-state index in [0.717, 1.165) is 66.2 Å². The van der Waals surface area contributed by atoms with Crippen LogP contribution >= 0.6 is 23.1 Å². The van der Waals surface area contributed by atoms with E-state index in [1.807, 2.05) is 48.2 Å². The molecule has 33 heavy (non-hydrogen) atoms. The molecule has 0 radical (unpaired) electrons. The summed E-state index contributed by atoms with van der Waals surface area (Å²) in [5.41, 5.74) is 2.25. The second kappa shape index (κ2) is 10.2. The summed E-state index contributed by atoms with van der Waals surface area (Å²) < 4.78 is 19.9. The predicted molar refractivity (Wildman–Crippen MR) is 132 cm³/mol. The number of aromatic nitrogens is 1. The normalized spacial score (nSPS) is 15.3. The third kappa shape index (κ3) is 5.21. The zero-order valence-corrected chi connectivity index (χ0v) is 19.8. The number of thioether (sulfide) groups is 1. The quantitative estimate of drug-likeness (QED) is 0.161. The zero-order valence-electron chi connectivity index (χ0n) is 18.2. The van der Waals surface area contributed by atoms with E-state index in [9.17, 15) is 9.18 Å². The Morgan fingerprint density at radius 2 is 1.94 bits per heavy atom. The van der Waals surface area contributed by atoms with Gasteiger partial charge in [0.2, 0.25) is 5.78 Å². The molecule has 4 aromatic rings. The van der Waals surface area contributed by atoms with Gasteiger partial charge in [-0.1, -0.05) is 35.5 Å². The Bertz CT molecular complexity index is 1230. The fourth-order valence-electron chi connectivity index (χ4n) is 4.37. The Hall–Kier alpha value is -2.48. The summed E-state index contributed by atoms with van der Waals surface area (Å²) in [7, 11) is 0. The van der Waals surface area contributed by atoms with Gasteiger partial charge >= 0.3 is 0 Å². The number of piperidine rings is 1. The number of hydrogen-bond donors (Lipinski definition) is 0. The molecule has 1 saturated heterocycles. The van der Waals surface area contributed by atoms with Gasteiger partial charge in [-0.15, -0.1) is 23.1 Å². The van der Waals surface area contributed by atoms with Crippen LogP contribution in [0.3, 0.4) is 0 Å². The van der Waals surface area contributed by atoms with Gasteiger partial charge in [0, 0.05) is 28.7 Å². The van der Waals surface area contributed by atoms with E-state index in [1.54, 1.807) is 17.4 Å². The lowest BCUT2D eigenvalue weighted by Gasteiger charge is -2.31. The molecular formula is C26H25FN2O2S2. The van der Waals surface area contributed by atoms with Gasteiger partial charge < -0.3 is 9.42 Å². The molecule has 2 aromatic heterocycles. The number of nitrogens with zero attached hydrogens (tertiary/aromatic N) is 2. The highest BCUT2D eigenvalue weighted by atomic mass is 32.2. The maximum atomic E-state index is 13.4. The van der Waals surface area contributed by atoms with E-state index in [-0.39, 0.29) is 11.6 Å². The van der Waals surface area contributed by atoms with Gasteiger partial charge in [0.25, 0.3) is 0 Å². The summed E-state index contributed by atoms with van der Waals surface area (Å²) in [6.07, 6.45) is 3.20. The number of hydrogen-bond acceptors (Lipinski definition) is 6. The summed E-state index contributed by atoms with van der Waals surface area (Å²) in [5, 5.41) is 5.18. The highest BCUT2D eigenvalue weighted by Gasteiger charge is 2.25. The van der Waals surface area contributed by atoms with Crippen LogP contribution < -0.4 is 0 Å². The van der Waals surface area contributed by atoms with Crippen molar-refractivity contribution in [2.24, 2.45) is 0 Å². The fraction of sp³-hybridized carbons (Fsp3) is 0.308. The highest BCUT2D eigenvalue weighted by molar-refractivity contribution is 8.01. The van der Waals surface area contributed by atoms with E-state index < -0.39 is 0 Å². The first-order valence-electron chi connectivity index (χ1n) is 11.3. The molecule has 1 aliphatic heterocycles. The van der Waals surface area contributed by atoms with Crippen LogP contribution in [0.25, 0.3) is 11.0 Å². The summed E-state index contributed by atoms with van der Waals surface area (Å²) in [6, 6.07) is 18.1.